The van der Waals surface area contributed by atoms with Crippen molar-refractivity contribution >= 4 is 27.5 Å². The lowest BCUT2D eigenvalue weighted by molar-refractivity contribution is 0.366. The number of pyridine rings is 2. The minimum atomic E-state index is 0.0981. The molecule has 0 spiro atoms. The third-order valence-electron chi connectivity index (χ3n) is 4.48. The minimum Gasteiger partial charge on any atom is -0.494 e. The van der Waals surface area contributed by atoms with Gasteiger partial charge in [0.1, 0.15) is 0 Å². The summed E-state index contributed by atoms with van der Waals surface area (Å²) in [5.74, 6) is 1.00. The van der Waals surface area contributed by atoms with Gasteiger partial charge < -0.3 is 24.9 Å². The molecule has 26 heavy (non-hydrogen) atoms. The molecule has 0 saturated heterocycles. The first-order valence-corrected chi connectivity index (χ1v) is 8.00. The highest BCUT2D eigenvalue weighted by molar-refractivity contribution is 6.12. The molecule has 132 valence electrons. The van der Waals surface area contributed by atoms with Gasteiger partial charge in [0.15, 0.2) is 0 Å². The summed E-state index contributed by atoms with van der Waals surface area (Å²) in [7, 11) is 4.87. The third-order valence-corrected chi connectivity index (χ3v) is 4.48. The summed E-state index contributed by atoms with van der Waals surface area (Å²) in [6.07, 6.45) is 1.75. The van der Waals surface area contributed by atoms with Crippen LogP contribution < -0.4 is 15.2 Å². The maximum absolute atomic E-state index is 10.3. The molecular formula is C19H18N4O3. The lowest BCUT2D eigenvalue weighted by Crippen LogP contribution is -1.97. The lowest BCUT2D eigenvalue weighted by atomic mass is 10.0. The van der Waals surface area contributed by atoms with Crippen molar-refractivity contribution in [1.29, 1.82) is 0 Å². The Kier molecular flexibility index (Phi) is 3.57. The Balaban J connectivity index is 2.07. The summed E-state index contributed by atoms with van der Waals surface area (Å²) in [4.78, 5) is 9.09. The molecule has 4 rings (SSSR count). The zero-order chi connectivity index (χ0) is 18.4. The van der Waals surface area contributed by atoms with Crippen LogP contribution in [-0.2, 0) is 7.05 Å². The number of rotatable bonds is 3. The Bertz CT molecular complexity index is 1150. The monoisotopic (exact) mass is 350 g/mol. The van der Waals surface area contributed by atoms with Crippen LogP contribution in [0, 0.1) is 0 Å². The fourth-order valence-corrected chi connectivity index (χ4v) is 3.19. The largest absolute Gasteiger partial charge is 0.494 e. The highest BCUT2D eigenvalue weighted by Gasteiger charge is 2.18. The summed E-state index contributed by atoms with van der Waals surface area (Å²) < 4.78 is 12.2. The molecule has 0 aliphatic carbocycles. The molecule has 0 bridgehead atoms. The average molecular weight is 350 g/mol. The van der Waals surface area contributed by atoms with E-state index in [4.69, 9.17) is 20.2 Å². The molecule has 3 N–H and O–H groups in total. The van der Waals surface area contributed by atoms with Crippen LogP contribution in [0.2, 0.25) is 0 Å². The number of aryl methyl sites for hydroxylation is 1. The maximum Gasteiger partial charge on any atom is 0.224 e. The molecule has 7 nitrogen and oxygen atoms in total. The number of nitrogens with two attached hydrogens (primary N) is 1. The fraction of sp³-hybridized carbons (Fsp3) is 0.158. The van der Waals surface area contributed by atoms with Crippen molar-refractivity contribution in [1.82, 2.24) is 14.5 Å². The molecule has 0 fully saturated rings. The first-order chi connectivity index (χ1) is 12.5. The summed E-state index contributed by atoms with van der Waals surface area (Å²) >= 11 is 0. The second-order valence-corrected chi connectivity index (χ2v) is 5.96. The molecule has 4 aromatic rings. The van der Waals surface area contributed by atoms with E-state index >= 15 is 0 Å². The van der Waals surface area contributed by atoms with Crippen LogP contribution in [0.3, 0.4) is 0 Å². The number of nitrogen functional groups attached to an aromatic ring is 1. The van der Waals surface area contributed by atoms with E-state index in [1.54, 1.807) is 38.1 Å². The van der Waals surface area contributed by atoms with E-state index in [9.17, 15) is 5.11 Å². The van der Waals surface area contributed by atoms with Crippen LogP contribution in [0.1, 0.15) is 0 Å². The van der Waals surface area contributed by atoms with Gasteiger partial charge in [0, 0.05) is 35.8 Å². The predicted molar refractivity (Wildman–Crippen MR) is 101 cm³/mol. The smallest absolute Gasteiger partial charge is 0.224 e. The van der Waals surface area contributed by atoms with E-state index < -0.39 is 0 Å². The van der Waals surface area contributed by atoms with Gasteiger partial charge in [0.05, 0.1) is 36.3 Å². The maximum atomic E-state index is 10.3. The van der Waals surface area contributed by atoms with Gasteiger partial charge in [-0.15, -0.1) is 0 Å². The lowest BCUT2D eigenvalue weighted by Gasteiger charge is -2.12. The van der Waals surface area contributed by atoms with Crippen molar-refractivity contribution in [2.75, 3.05) is 20.0 Å². The molecule has 7 heteroatoms. The first-order valence-electron chi connectivity index (χ1n) is 8.00. The summed E-state index contributed by atoms with van der Waals surface area (Å²) in [6.45, 7) is 0. The van der Waals surface area contributed by atoms with Gasteiger partial charge in [-0.2, -0.15) is 4.98 Å². The van der Waals surface area contributed by atoms with Crippen molar-refractivity contribution in [3.63, 3.8) is 0 Å². The van der Waals surface area contributed by atoms with Crippen LogP contribution in [0.5, 0.6) is 17.6 Å². The van der Waals surface area contributed by atoms with Crippen LogP contribution in [0.4, 0.5) is 5.69 Å². The zero-order valence-corrected chi connectivity index (χ0v) is 14.6. The Morgan fingerprint density at radius 2 is 1.85 bits per heavy atom. The highest BCUT2D eigenvalue weighted by Crippen LogP contribution is 2.40. The number of benzene rings is 1. The number of hydrogen-bond acceptors (Lipinski definition) is 6. The molecule has 0 atom stereocenters. The van der Waals surface area contributed by atoms with Crippen molar-refractivity contribution in [2.45, 2.75) is 0 Å². The van der Waals surface area contributed by atoms with Gasteiger partial charge >= 0.3 is 0 Å². The minimum absolute atomic E-state index is 0.0981. The molecular weight excluding hydrogens is 332 g/mol. The van der Waals surface area contributed by atoms with Gasteiger partial charge in [-0.3, -0.25) is 0 Å². The SMILES string of the molecule is COc1ccc(-c2cccc3c(N)c4c(O)n(C)cc4nc23)c(OC)n1. The van der Waals surface area contributed by atoms with Gasteiger partial charge in [-0.1, -0.05) is 18.2 Å². The van der Waals surface area contributed by atoms with E-state index in [0.717, 1.165) is 16.5 Å². The number of aromatic nitrogens is 3. The van der Waals surface area contributed by atoms with Gasteiger partial charge in [-0.05, 0) is 6.07 Å². The van der Waals surface area contributed by atoms with Crippen LogP contribution in [0.15, 0.2) is 36.5 Å². The van der Waals surface area contributed by atoms with Gasteiger partial charge in [0.2, 0.25) is 17.6 Å². The molecule has 0 radical (unpaired) electrons. The molecule has 0 amide bonds. The van der Waals surface area contributed by atoms with E-state index in [0.29, 0.717) is 33.9 Å². The number of para-hydroxylation sites is 1. The Morgan fingerprint density at radius 1 is 1.04 bits per heavy atom. The van der Waals surface area contributed by atoms with Crippen LogP contribution in [0.25, 0.3) is 32.9 Å². The normalized spacial score (nSPS) is 11.2. The average Bonchev–Trinajstić information content (AvgIpc) is 2.95. The number of aromatic hydroxyl groups is 1. The second kappa shape index (κ2) is 5.80. The van der Waals surface area contributed by atoms with Crippen LogP contribution >= 0.6 is 0 Å². The number of ether oxygens (including phenoxy) is 2. The molecule has 0 unspecified atom stereocenters. The Labute approximate surface area is 149 Å². The van der Waals surface area contributed by atoms with Crippen molar-refractivity contribution in [3.05, 3.63) is 36.5 Å². The van der Waals surface area contributed by atoms with Gasteiger partial charge in [-0.25, -0.2) is 4.98 Å². The topological polar surface area (TPSA) is 95.4 Å². The number of hydrogen-bond donors (Lipinski definition) is 2. The van der Waals surface area contributed by atoms with Crippen molar-refractivity contribution < 1.29 is 14.6 Å². The first kappa shape index (κ1) is 16.0. The van der Waals surface area contributed by atoms with E-state index in [2.05, 4.69) is 4.98 Å². The number of fused-ring (bicyclic) bond motifs is 2. The molecule has 1 aromatic carbocycles. The van der Waals surface area contributed by atoms with E-state index in [1.165, 1.54) is 0 Å². The standard InChI is InChI=1S/C19H18N4O3/c1-23-9-13-15(19(23)24)16(20)12-6-4-5-10(17(12)21-13)11-7-8-14(25-2)22-18(11)26-3/h4-9,24H,20H2,1-3H3. The molecule has 0 saturated carbocycles. The quantitative estimate of drug-likeness (QED) is 0.589. The fourth-order valence-electron chi connectivity index (χ4n) is 3.19. The molecule has 0 aliphatic rings. The van der Waals surface area contributed by atoms with Crippen molar-refractivity contribution in [2.24, 2.45) is 7.05 Å². The molecule has 0 aliphatic heterocycles. The second-order valence-electron chi connectivity index (χ2n) is 5.96. The molecule has 3 aromatic heterocycles. The summed E-state index contributed by atoms with van der Waals surface area (Å²) in [5.41, 5.74) is 9.81. The Hall–Kier alpha value is -3.48. The van der Waals surface area contributed by atoms with E-state index in [1.807, 2.05) is 24.3 Å². The van der Waals surface area contributed by atoms with Gasteiger partial charge in [0.25, 0.3) is 0 Å². The Morgan fingerprint density at radius 3 is 2.58 bits per heavy atom. The number of nitrogens with zero attached hydrogens (tertiary/aromatic N) is 3. The zero-order valence-electron chi connectivity index (χ0n) is 14.6. The number of methoxy groups -OCH3 is 2. The summed E-state index contributed by atoms with van der Waals surface area (Å²) in [5, 5.41) is 11.6. The third kappa shape index (κ3) is 2.21. The van der Waals surface area contributed by atoms with Crippen LogP contribution in [-0.4, -0.2) is 33.9 Å². The number of anilines is 1. The van der Waals surface area contributed by atoms with E-state index in [-0.39, 0.29) is 5.88 Å². The summed E-state index contributed by atoms with van der Waals surface area (Å²) in [6, 6.07) is 9.37. The van der Waals surface area contributed by atoms with Crippen molar-refractivity contribution in [3.8, 4) is 28.8 Å². The molecule has 3 heterocycles. The highest BCUT2D eigenvalue weighted by atomic mass is 16.5. The predicted octanol–water partition coefficient (Wildman–Crippen LogP) is 3.09.